The monoisotopic (exact) mass is 371 g/mol. The van der Waals surface area contributed by atoms with Gasteiger partial charge in [0.15, 0.2) is 0 Å². The molecule has 0 unspecified atom stereocenters. The second-order valence-corrected chi connectivity index (χ2v) is 8.14. The van der Waals surface area contributed by atoms with Gasteiger partial charge in [-0.2, -0.15) is 0 Å². The smallest absolute Gasteiger partial charge is 0.293 e. The van der Waals surface area contributed by atoms with Crippen molar-refractivity contribution in [3.63, 3.8) is 0 Å². The Kier molecular flexibility index (Phi) is 4.72. The molecule has 1 aromatic heterocycles. The Morgan fingerprint density at radius 1 is 1.30 bits per heavy atom. The maximum absolute atomic E-state index is 13.4. The molecule has 144 valence electrons. The van der Waals surface area contributed by atoms with Crippen LogP contribution in [0, 0.1) is 11.7 Å². The van der Waals surface area contributed by atoms with E-state index in [0.29, 0.717) is 11.6 Å². The maximum Gasteiger partial charge on any atom is 0.293 e. The molecule has 7 heteroatoms. The van der Waals surface area contributed by atoms with Crippen molar-refractivity contribution in [1.29, 1.82) is 0 Å². The summed E-state index contributed by atoms with van der Waals surface area (Å²) in [6, 6.07) is 6.10. The molecule has 27 heavy (non-hydrogen) atoms. The third kappa shape index (κ3) is 3.48. The number of hydrogen-bond donors (Lipinski definition) is 0. The van der Waals surface area contributed by atoms with Gasteiger partial charge in [0.05, 0.1) is 5.69 Å². The average Bonchev–Trinajstić information content (AvgIpc) is 3.15. The van der Waals surface area contributed by atoms with Crippen LogP contribution >= 0.6 is 0 Å². The fourth-order valence-electron chi connectivity index (χ4n) is 4.31. The number of halogens is 1. The first-order valence-electron chi connectivity index (χ1n) is 9.69. The van der Waals surface area contributed by atoms with Crippen molar-refractivity contribution in [2.45, 2.75) is 38.6 Å². The highest BCUT2D eigenvalue weighted by Crippen LogP contribution is 2.39. The lowest BCUT2D eigenvalue weighted by Gasteiger charge is -2.57. The minimum atomic E-state index is -0.343. The number of amides is 1. The van der Waals surface area contributed by atoms with Crippen LogP contribution in [-0.2, 0) is 0 Å². The van der Waals surface area contributed by atoms with E-state index in [1.807, 2.05) is 4.90 Å². The molecule has 2 aromatic rings. The minimum Gasteiger partial charge on any atom is -0.334 e. The summed E-state index contributed by atoms with van der Waals surface area (Å²) >= 11 is 0. The third-order valence-corrected chi connectivity index (χ3v) is 5.70. The van der Waals surface area contributed by atoms with E-state index in [9.17, 15) is 9.18 Å². The fourth-order valence-corrected chi connectivity index (χ4v) is 4.31. The predicted octanol–water partition coefficient (Wildman–Crippen LogP) is 2.74. The van der Waals surface area contributed by atoms with Crippen LogP contribution in [0.25, 0.3) is 5.69 Å². The first kappa shape index (κ1) is 18.1. The van der Waals surface area contributed by atoms with Gasteiger partial charge < -0.3 is 4.90 Å². The second kappa shape index (κ2) is 7.03. The molecule has 2 aliphatic heterocycles. The molecule has 3 heterocycles. The van der Waals surface area contributed by atoms with Crippen LogP contribution in [0.15, 0.2) is 30.6 Å². The van der Waals surface area contributed by atoms with E-state index < -0.39 is 0 Å². The van der Waals surface area contributed by atoms with Gasteiger partial charge in [0.25, 0.3) is 5.91 Å². The van der Waals surface area contributed by atoms with Gasteiger partial charge in [-0.1, -0.05) is 19.9 Å². The number of rotatable bonds is 4. The third-order valence-electron chi connectivity index (χ3n) is 5.70. The lowest BCUT2D eigenvalue weighted by molar-refractivity contribution is -0.0650. The molecular weight excluding hydrogens is 345 g/mol. The first-order valence-corrected chi connectivity index (χ1v) is 9.69. The van der Waals surface area contributed by atoms with Gasteiger partial charge in [0, 0.05) is 31.7 Å². The van der Waals surface area contributed by atoms with Gasteiger partial charge in [-0.15, -0.1) is 5.10 Å². The van der Waals surface area contributed by atoms with Crippen LogP contribution in [0.2, 0.25) is 0 Å². The Morgan fingerprint density at radius 3 is 2.85 bits per heavy atom. The van der Waals surface area contributed by atoms with Crippen molar-refractivity contribution in [3.8, 4) is 5.69 Å². The molecule has 2 fully saturated rings. The van der Waals surface area contributed by atoms with Gasteiger partial charge >= 0.3 is 0 Å². The Bertz CT molecular complexity index is 835. The molecule has 2 saturated heterocycles. The van der Waals surface area contributed by atoms with Crippen molar-refractivity contribution < 1.29 is 9.18 Å². The standard InChI is InChI=1S/C20H26FN5O/c1-15(2)12-25-10-8-20(25)7-4-9-24(13-20)19(27)18-22-14-26(23-18)17-6-3-5-16(21)11-17/h3,5-6,11,14-15H,4,7-10,12-13H2,1-2H3/t20-/m0/s1. The van der Waals surface area contributed by atoms with E-state index in [1.165, 1.54) is 23.1 Å². The van der Waals surface area contributed by atoms with Crippen molar-refractivity contribution in [1.82, 2.24) is 24.6 Å². The highest BCUT2D eigenvalue weighted by molar-refractivity contribution is 5.90. The summed E-state index contributed by atoms with van der Waals surface area (Å²) in [6.45, 7) is 8.15. The average molecular weight is 371 g/mol. The zero-order chi connectivity index (χ0) is 19.0. The quantitative estimate of drug-likeness (QED) is 0.829. The number of piperidine rings is 1. The number of carbonyl (C=O) groups excluding carboxylic acids is 1. The summed E-state index contributed by atoms with van der Waals surface area (Å²) in [4.78, 5) is 21.6. The number of likely N-dealkylation sites (tertiary alicyclic amines) is 2. The second-order valence-electron chi connectivity index (χ2n) is 8.14. The van der Waals surface area contributed by atoms with Gasteiger partial charge in [0.1, 0.15) is 12.1 Å². The summed E-state index contributed by atoms with van der Waals surface area (Å²) in [6.07, 6.45) is 4.77. The van der Waals surface area contributed by atoms with Crippen molar-refractivity contribution in [3.05, 3.63) is 42.2 Å². The van der Waals surface area contributed by atoms with Gasteiger partial charge in [-0.3, -0.25) is 9.69 Å². The largest absolute Gasteiger partial charge is 0.334 e. The van der Waals surface area contributed by atoms with E-state index in [2.05, 4.69) is 28.8 Å². The maximum atomic E-state index is 13.4. The molecule has 0 radical (unpaired) electrons. The Labute approximate surface area is 159 Å². The molecular formula is C20H26FN5O. The lowest BCUT2D eigenvalue weighted by Crippen LogP contribution is -2.68. The molecule has 2 aliphatic rings. The predicted molar refractivity (Wildman–Crippen MR) is 100 cm³/mol. The Balaban J connectivity index is 1.48. The molecule has 1 aromatic carbocycles. The van der Waals surface area contributed by atoms with E-state index in [1.54, 1.807) is 12.1 Å². The number of aromatic nitrogens is 3. The number of hydrogen-bond acceptors (Lipinski definition) is 4. The summed E-state index contributed by atoms with van der Waals surface area (Å²) in [5.41, 5.74) is 0.683. The molecule has 0 aliphatic carbocycles. The van der Waals surface area contributed by atoms with E-state index in [4.69, 9.17) is 0 Å². The molecule has 1 atom stereocenters. The van der Waals surface area contributed by atoms with E-state index in [-0.39, 0.29) is 23.1 Å². The molecule has 0 bridgehead atoms. The number of benzene rings is 1. The highest BCUT2D eigenvalue weighted by atomic mass is 19.1. The van der Waals surface area contributed by atoms with Crippen molar-refractivity contribution >= 4 is 5.91 Å². The number of nitrogens with zero attached hydrogens (tertiary/aromatic N) is 5. The van der Waals surface area contributed by atoms with Crippen LogP contribution in [0.3, 0.4) is 0 Å². The molecule has 6 nitrogen and oxygen atoms in total. The zero-order valence-corrected chi connectivity index (χ0v) is 15.9. The van der Waals surface area contributed by atoms with Crippen LogP contribution < -0.4 is 0 Å². The van der Waals surface area contributed by atoms with Gasteiger partial charge in [0.2, 0.25) is 5.82 Å². The highest BCUT2D eigenvalue weighted by Gasteiger charge is 2.48. The SMILES string of the molecule is CC(C)CN1CC[C@]12CCCN(C(=O)c1ncn(-c3cccc(F)c3)n1)C2. The topological polar surface area (TPSA) is 54.3 Å². The first-order chi connectivity index (χ1) is 13.0. The Morgan fingerprint density at radius 2 is 2.15 bits per heavy atom. The summed E-state index contributed by atoms with van der Waals surface area (Å²) in [7, 11) is 0. The van der Waals surface area contributed by atoms with Crippen LogP contribution in [0.1, 0.15) is 43.7 Å². The summed E-state index contributed by atoms with van der Waals surface area (Å²) in [5, 5.41) is 4.29. The molecule has 4 rings (SSSR count). The molecule has 1 amide bonds. The molecule has 0 N–H and O–H groups in total. The van der Waals surface area contributed by atoms with Crippen LogP contribution in [0.4, 0.5) is 4.39 Å². The lowest BCUT2D eigenvalue weighted by atomic mass is 9.77. The molecule has 1 spiro atoms. The number of carbonyl (C=O) groups is 1. The van der Waals surface area contributed by atoms with Gasteiger partial charge in [-0.05, 0) is 43.4 Å². The van der Waals surface area contributed by atoms with E-state index >= 15 is 0 Å². The summed E-state index contributed by atoms with van der Waals surface area (Å²) in [5.74, 6) is 0.313. The Hall–Kier alpha value is -2.28. The van der Waals surface area contributed by atoms with E-state index in [0.717, 1.165) is 45.4 Å². The van der Waals surface area contributed by atoms with Crippen molar-refractivity contribution in [2.24, 2.45) is 5.92 Å². The fraction of sp³-hybridized carbons (Fsp3) is 0.550. The molecule has 0 saturated carbocycles. The van der Waals surface area contributed by atoms with Crippen LogP contribution in [0.5, 0.6) is 0 Å². The minimum absolute atomic E-state index is 0.128. The summed E-state index contributed by atoms with van der Waals surface area (Å²) < 4.78 is 14.9. The normalized spacial score (nSPS) is 23.0. The van der Waals surface area contributed by atoms with Gasteiger partial charge in [-0.25, -0.2) is 14.1 Å². The van der Waals surface area contributed by atoms with Crippen molar-refractivity contribution in [2.75, 3.05) is 26.2 Å². The van der Waals surface area contributed by atoms with Crippen LogP contribution in [-0.4, -0.2) is 62.2 Å². The zero-order valence-electron chi connectivity index (χ0n) is 15.9.